The minimum absolute atomic E-state index is 0.0247. The van der Waals surface area contributed by atoms with Crippen LogP contribution < -0.4 is 4.80 Å². The first-order valence-electron chi connectivity index (χ1n) is 8.00. The second-order valence-corrected chi connectivity index (χ2v) is 7.21. The monoisotopic (exact) mass is 392 g/mol. The van der Waals surface area contributed by atoms with E-state index in [2.05, 4.69) is 19.1 Å². The third-order valence-electron chi connectivity index (χ3n) is 3.90. The van der Waals surface area contributed by atoms with Crippen molar-refractivity contribution in [3.05, 3.63) is 68.3 Å². The number of nitrogens with zero attached hydrogens (tertiary/aromatic N) is 2. The van der Waals surface area contributed by atoms with Crippen LogP contribution in [-0.4, -0.2) is 16.3 Å². The minimum atomic E-state index is 0.0247. The van der Waals surface area contributed by atoms with Crippen LogP contribution in [0.25, 0.3) is 11.3 Å². The highest BCUT2D eigenvalue weighted by atomic mass is 35.5. The van der Waals surface area contributed by atoms with E-state index in [-0.39, 0.29) is 6.61 Å². The molecule has 2 aromatic carbocycles. The number of aryl methyl sites for hydroxylation is 1. The molecular weight excluding hydrogens is 375 g/mol. The molecule has 3 nitrogen and oxygen atoms in total. The van der Waals surface area contributed by atoms with Crippen LogP contribution in [-0.2, 0) is 13.0 Å². The van der Waals surface area contributed by atoms with Gasteiger partial charge in [-0.15, -0.1) is 11.3 Å². The van der Waals surface area contributed by atoms with Crippen molar-refractivity contribution in [1.82, 2.24) is 4.57 Å². The summed E-state index contributed by atoms with van der Waals surface area (Å²) in [4.78, 5) is 5.55. The Labute approximate surface area is 160 Å². The molecule has 1 N–H and O–H groups in total. The maximum Gasteiger partial charge on any atom is 0.190 e. The second-order valence-electron chi connectivity index (χ2n) is 5.53. The van der Waals surface area contributed by atoms with Gasteiger partial charge in [-0.1, -0.05) is 42.3 Å². The zero-order valence-electron chi connectivity index (χ0n) is 13.7. The van der Waals surface area contributed by atoms with Crippen molar-refractivity contribution in [1.29, 1.82) is 0 Å². The molecule has 3 rings (SSSR count). The van der Waals surface area contributed by atoms with Crippen LogP contribution in [0.5, 0.6) is 0 Å². The van der Waals surface area contributed by atoms with Crippen molar-refractivity contribution in [3.8, 4) is 11.3 Å². The smallest absolute Gasteiger partial charge is 0.190 e. The number of hydrogen-bond donors (Lipinski definition) is 1. The first-order chi connectivity index (χ1) is 12.1. The third kappa shape index (κ3) is 4.15. The summed E-state index contributed by atoms with van der Waals surface area (Å²) in [6, 6.07) is 13.6. The summed E-state index contributed by atoms with van der Waals surface area (Å²) in [5, 5.41) is 12.6. The fraction of sp³-hybridized carbons (Fsp3) is 0.211. The molecule has 0 saturated carbocycles. The van der Waals surface area contributed by atoms with E-state index in [1.165, 1.54) is 16.9 Å². The van der Waals surface area contributed by atoms with Gasteiger partial charge in [0.05, 0.1) is 23.0 Å². The lowest BCUT2D eigenvalue weighted by atomic mass is 10.1. The molecule has 0 spiro atoms. The Morgan fingerprint density at radius 3 is 2.52 bits per heavy atom. The summed E-state index contributed by atoms with van der Waals surface area (Å²) in [5.74, 6) is 0. The van der Waals surface area contributed by atoms with Gasteiger partial charge in [-0.25, -0.2) is 4.99 Å². The maximum atomic E-state index is 9.47. The van der Waals surface area contributed by atoms with E-state index in [9.17, 15) is 5.11 Å². The first kappa shape index (κ1) is 18.2. The van der Waals surface area contributed by atoms with E-state index in [1.54, 1.807) is 6.07 Å². The quantitative estimate of drug-likeness (QED) is 0.627. The van der Waals surface area contributed by atoms with Gasteiger partial charge < -0.3 is 9.67 Å². The average Bonchev–Trinajstić information content (AvgIpc) is 2.98. The molecule has 1 aromatic heterocycles. The SMILES string of the molecule is CCc1ccc(N=c2scc(-c3ccc(Cl)cc3Cl)n2CCO)cc1. The summed E-state index contributed by atoms with van der Waals surface area (Å²) in [5.41, 5.74) is 3.96. The van der Waals surface area contributed by atoms with Gasteiger partial charge in [-0.05, 0) is 42.3 Å². The van der Waals surface area contributed by atoms with Crippen LogP contribution in [0.1, 0.15) is 12.5 Å². The molecule has 0 saturated heterocycles. The molecule has 25 heavy (non-hydrogen) atoms. The molecule has 0 amide bonds. The Kier molecular flexibility index (Phi) is 5.97. The van der Waals surface area contributed by atoms with Gasteiger partial charge in [0.25, 0.3) is 0 Å². The number of rotatable bonds is 5. The van der Waals surface area contributed by atoms with Crippen LogP contribution >= 0.6 is 34.5 Å². The van der Waals surface area contributed by atoms with Gasteiger partial charge in [0.1, 0.15) is 0 Å². The van der Waals surface area contributed by atoms with E-state index < -0.39 is 0 Å². The Morgan fingerprint density at radius 1 is 1.12 bits per heavy atom. The van der Waals surface area contributed by atoms with E-state index >= 15 is 0 Å². The van der Waals surface area contributed by atoms with Crippen molar-refractivity contribution in [2.75, 3.05) is 6.61 Å². The van der Waals surface area contributed by atoms with E-state index in [1.807, 2.05) is 34.2 Å². The topological polar surface area (TPSA) is 37.5 Å². The third-order valence-corrected chi connectivity index (χ3v) is 5.31. The lowest BCUT2D eigenvalue weighted by molar-refractivity contribution is 0.275. The molecule has 0 atom stereocenters. The lowest BCUT2D eigenvalue weighted by Crippen LogP contribution is -2.18. The van der Waals surface area contributed by atoms with Gasteiger partial charge in [0, 0.05) is 22.5 Å². The summed E-state index contributed by atoms with van der Waals surface area (Å²) in [6.45, 7) is 2.60. The average molecular weight is 393 g/mol. The molecule has 0 bridgehead atoms. The van der Waals surface area contributed by atoms with Crippen LogP contribution in [0.15, 0.2) is 52.8 Å². The molecule has 130 valence electrons. The Hall–Kier alpha value is -1.59. The highest BCUT2D eigenvalue weighted by Gasteiger charge is 2.11. The Morgan fingerprint density at radius 2 is 1.88 bits per heavy atom. The normalized spacial score (nSPS) is 11.9. The van der Waals surface area contributed by atoms with Crippen molar-refractivity contribution in [3.63, 3.8) is 0 Å². The van der Waals surface area contributed by atoms with E-state index in [4.69, 9.17) is 28.2 Å². The zero-order chi connectivity index (χ0) is 17.8. The van der Waals surface area contributed by atoms with Crippen molar-refractivity contribution in [2.45, 2.75) is 19.9 Å². The fourth-order valence-electron chi connectivity index (χ4n) is 2.56. The summed E-state index contributed by atoms with van der Waals surface area (Å²) >= 11 is 13.9. The molecule has 3 aromatic rings. The minimum Gasteiger partial charge on any atom is -0.395 e. The standard InChI is InChI=1S/C19H18Cl2N2OS/c1-2-13-3-6-15(7-4-13)22-19-23(9-10-24)18(12-25-19)16-8-5-14(20)11-17(16)21/h3-8,11-12,24H,2,9-10H2,1H3. The molecule has 6 heteroatoms. The fourth-order valence-corrected chi connectivity index (χ4v) is 4.02. The van der Waals surface area contributed by atoms with Gasteiger partial charge in [0.2, 0.25) is 0 Å². The predicted octanol–water partition coefficient (Wildman–Crippen LogP) is 5.31. The highest BCUT2D eigenvalue weighted by Crippen LogP contribution is 2.30. The van der Waals surface area contributed by atoms with Crippen LogP contribution in [0.3, 0.4) is 0 Å². The first-order valence-corrected chi connectivity index (χ1v) is 9.64. The number of hydrogen-bond acceptors (Lipinski definition) is 3. The summed E-state index contributed by atoms with van der Waals surface area (Å²) < 4.78 is 1.98. The molecule has 0 unspecified atom stereocenters. The second kappa shape index (κ2) is 8.19. The number of aliphatic hydroxyl groups excluding tert-OH is 1. The highest BCUT2D eigenvalue weighted by molar-refractivity contribution is 7.07. The van der Waals surface area contributed by atoms with Gasteiger partial charge in [0.15, 0.2) is 4.80 Å². The zero-order valence-corrected chi connectivity index (χ0v) is 16.1. The predicted molar refractivity (Wildman–Crippen MR) is 106 cm³/mol. The molecule has 0 radical (unpaired) electrons. The summed E-state index contributed by atoms with van der Waals surface area (Å²) in [6.07, 6.45) is 1.00. The van der Waals surface area contributed by atoms with E-state index in [0.717, 1.165) is 28.2 Å². The van der Waals surface area contributed by atoms with Crippen molar-refractivity contribution in [2.24, 2.45) is 4.99 Å². The van der Waals surface area contributed by atoms with Crippen LogP contribution in [0, 0.1) is 0 Å². The van der Waals surface area contributed by atoms with Crippen LogP contribution in [0.4, 0.5) is 5.69 Å². The molecular formula is C19H18Cl2N2OS. The molecule has 0 aliphatic carbocycles. The summed E-state index contributed by atoms with van der Waals surface area (Å²) in [7, 11) is 0. The maximum absolute atomic E-state index is 9.47. The van der Waals surface area contributed by atoms with E-state index in [0.29, 0.717) is 16.6 Å². The number of aromatic nitrogens is 1. The Bertz CT molecular complexity index is 929. The number of thiazole rings is 1. The lowest BCUT2D eigenvalue weighted by Gasteiger charge is -2.09. The molecule has 0 aliphatic rings. The molecule has 1 heterocycles. The molecule has 0 fully saturated rings. The Balaban J connectivity index is 2.08. The number of aliphatic hydroxyl groups is 1. The number of halogens is 2. The largest absolute Gasteiger partial charge is 0.395 e. The van der Waals surface area contributed by atoms with Gasteiger partial charge >= 0.3 is 0 Å². The number of benzene rings is 2. The van der Waals surface area contributed by atoms with Gasteiger partial charge in [-0.3, -0.25) is 0 Å². The molecule has 0 aliphatic heterocycles. The van der Waals surface area contributed by atoms with Crippen LogP contribution in [0.2, 0.25) is 10.0 Å². The van der Waals surface area contributed by atoms with Crippen molar-refractivity contribution < 1.29 is 5.11 Å². The van der Waals surface area contributed by atoms with Gasteiger partial charge in [-0.2, -0.15) is 0 Å². The van der Waals surface area contributed by atoms with Crippen molar-refractivity contribution >= 4 is 40.2 Å².